The van der Waals surface area contributed by atoms with Gasteiger partial charge in [-0.05, 0) is 24.6 Å². The van der Waals surface area contributed by atoms with Crippen LogP contribution in [-0.4, -0.2) is 30.8 Å². The lowest BCUT2D eigenvalue weighted by atomic mass is 10.0. The first-order valence-corrected chi connectivity index (χ1v) is 5.05. The molecule has 0 saturated carbocycles. The summed E-state index contributed by atoms with van der Waals surface area (Å²) in [5.74, 6) is 6.22. The third-order valence-corrected chi connectivity index (χ3v) is 2.59. The van der Waals surface area contributed by atoms with Crippen LogP contribution in [0.3, 0.4) is 0 Å². The van der Waals surface area contributed by atoms with Crippen LogP contribution in [0.1, 0.15) is 12.1 Å². The van der Waals surface area contributed by atoms with Gasteiger partial charge in [0, 0.05) is 26.3 Å². The zero-order chi connectivity index (χ0) is 10.6. The molecule has 0 aliphatic carbocycles. The molecule has 1 fully saturated rings. The van der Waals surface area contributed by atoms with Crippen LogP contribution < -0.4 is 5.32 Å². The Bertz CT molecular complexity index is 372. The molecule has 1 aliphatic rings. The van der Waals surface area contributed by atoms with E-state index in [0.29, 0.717) is 0 Å². The van der Waals surface area contributed by atoms with Crippen LogP contribution in [0.15, 0.2) is 24.4 Å². The number of nitrogens with zero attached hydrogens (tertiary/aromatic N) is 1. The maximum atomic E-state index is 5.46. The lowest BCUT2D eigenvalue weighted by molar-refractivity contribution is 0.0587. The van der Waals surface area contributed by atoms with E-state index < -0.39 is 0 Å². The Kier molecular flexibility index (Phi) is 3.00. The van der Waals surface area contributed by atoms with Crippen molar-refractivity contribution < 1.29 is 4.74 Å². The van der Waals surface area contributed by atoms with Crippen molar-refractivity contribution in [2.75, 3.05) is 20.2 Å². The number of rotatable bonds is 1. The first-order valence-electron chi connectivity index (χ1n) is 5.05. The Hall–Kier alpha value is -1.37. The predicted molar refractivity (Wildman–Crippen MR) is 58.3 cm³/mol. The Morgan fingerprint density at radius 1 is 1.53 bits per heavy atom. The second kappa shape index (κ2) is 4.43. The van der Waals surface area contributed by atoms with Crippen molar-refractivity contribution in [3.8, 4) is 11.8 Å². The molecule has 1 aromatic heterocycles. The Morgan fingerprint density at radius 3 is 3.07 bits per heavy atom. The van der Waals surface area contributed by atoms with E-state index in [1.165, 1.54) is 0 Å². The normalized spacial score (nSPS) is 24.6. The summed E-state index contributed by atoms with van der Waals surface area (Å²) < 4.78 is 5.46. The molecule has 1 atom stereocenters. The Labute approximate surface area is 89.9 Å². The first kappa shape index (κ1) is 10.2. The van der Waals surface area contributed by atoms with Gasteiger partial charge in [-0.3, -0.25) is 0 Å². The number of nitrogens with one attached hydrogen (secondary N) is 1. The highest BCUT2D eigenvalue weighted by Gasteiger charge is 2.31. The molecule has 2 heterocycles. The van der Waals surface area contributed by atoms with E-state index in [-0.39, 0.29) is 5.60 Å². The van der Waals surface area contributed by atoms with Crippen molar-refractivity contribution in [2.24, 2.45) is 0 Å². The summed E-state index contributed by atoms with van der Waals surface area (Å²) in [4.78, 5) is 4.16. The van der Waals surface area contributed by atoms with Crippen LogP contribution in [0, 0.1) is 11.8 Å². The number of ether oxygens (including phenoxy) is 1. The third kappa shape index (κ3) is 2.35. The molecule has 1 saturated heterocycles. The molecule has 1 unspecified atom stereocenters. The zero-order valence-electron chi connectivity index (χ0n) is 8.79. The van der Waals surface area contributed by atoms with Gasteiger partial charge in [-0.25, -0.2) is 4.98 Å². The molecule has 3 heteroatoms. The largest absolute Gasteiger partial charge is 0.364 e. The average molecular weight is 202 g/mol. The lowest BCUT2D eigenvalue weighted by Gasteiger charge is -2.18. The first-order chi connectivity index (χ1) is 7.35. The van der Waals surface area contributed by atoms with Gasteiger partial charge in [-0.1, -0.05) is 12.0 Å². The molecule has 1 N–H and O–H groups in total. The lowest BCUT2D eigenvalue weighted by Crippen LogP contribution is -2.32. The molecule has 0 spiro atoms. The van der Waals surface area contributed by atoms with Crippen molar-refractivity contribution in [3.05, 3.63) is 30.1 Å². The molecular weight excluding hydrogens is 188 g/mol. The van der Waals surface area contributed by atoms with Gasteiger partial charge in [0.15, 0.2) is 0 Å². The summed E-state index contributed by atoms with van der Waals surface area (Å²) >= 11 is 0. The molecule has 78 valence electrons. The number of methoxy groups -OCH3 is 1. The summed E-state index contributed by atoms with van der Waals surface area (Å²) in [7, 11) is 1.71. The van der Waals surface area contributed by atoms with Crippen molar-refractivity contribution in [2.45, 2.75) is 12.0 Å². The van der Waals surface area contributed by atoms with Crippen LogP contribution in [0.4, 0.5) is 0 Å². The number of pyridine rings is 1. The van der Waals surface area contributed by atoms with E-state index in [9.17, 15) is 0 Å². The topological polar surface area (TPSA) is 34.1 Å². The van der Waals surface area contributed by atoms with Gasteiger partial charge in [-0.15, -0.1) is 0 Å². The SMILES string of the molecule is COC1(C#Cc2ccccn2)CCNC1. The standard InChI is InChI=1S/C12H14N2O/c1-15-12(7-9-13-10-12)6-5-11-4-2-3-8-14-11/h2-4,8,13H,7,9-10H2,1H3. The number of hydrogen-bond donors (Lipinski definition) is 1. The molecule has 3 nitrogen and oxygen atoms in total. The van der Waals surface area contributed by atoms with E-state index in [0.717, 1.165) is 25.2 Å². The molecule has 0 amide bonds. The smallest absolute Gasteiger partial charge is 0.142 e. The van der Waals surface area contributed by atoms with E-state index in [2.05, 4.69) is 22.1 Å². The minimum absolute atomic E-state index is 0.322. The molecule has 1 aliphatic heterocycles. The molecule has 0 bridgehead atoms. The van der Waals surface area contributed by atoms with Gasteiger partial charge >= 0.3 is 0 Å². The summed E-state index contributed by atoms with van der Waals surface area (Å²) in [6.07, 6.45) is 2.68. The van der Waals surface area contributed by atoms with E-state index in [1.54, 1.807) is 13.3 Å². The summed E-state index contributed by atoms with van der Waals surface area (Å²) in [5.41, 5.74) is 0.471. The quantitative estimate of drug-likeness (QED) is 0.684. The summed E-state index contributed by atoms with van der Waals surface area (Å²) in [5, 5.41) is 3.25. The van der Waals surface area contributed by atoms with Gasteiger partial charge in [0.2, 0.25) is 0 Å². The highest BCUT2D eigenvalue weighted by atomic mass is 16.5. The molecule has 1 aromatic rings. The zero-order valence-corrected chi connectivity index (χ0v) is 8.79. The van der Waals surface area contributed by atoms with Gasteiger partial charge in [0.25, 0.3) is 0 Å². The van der Waals surface area contributed by atoms with E-state index >= 15 is 0 Å². The highest BCUT2D eigenvalue weighted by Crippen LogP contribution is 2.17. The third-order valence-electron chi connectivity index (χ3n) is 2.59. The van der Waals surface area contributed by atoms with Crippen molar-refractivity contribution in [1.29, 1.82) is 0 Å². The van der Waals surface area contributed by atoms with Crippen LogP contribution in [0.5, 0.6) is 0 Å². The minimum Gasteiger partial charge on any atom is -0.364 e. The Morgan fingerprint density at radius 2 is 2.47 bits per heavy atom. The minimum atomic E-state index is -0.322. The molecule has 15 heavy (non-hydrogen) atoms. The Balaban J connectivity index is 2.16. The fraction of sp³-hybridized carbons (Fsp3) is 0.417. The fourth-order valence-corrected chi connectivity index (χ4v) is 1.62. The second-order valence-corrected chi connectivity index (χ2v) is 3.59. The average Bonchev–Trinajstić information content (AvgIpc) is 2.77. The number of aromatic nitrogens is 1. The van der Waals surface area contributed by atoms with E-state index in [4.69, 9.17) is 4.74 Å². The fourth-order valence-electron chi connectivity index (χ4n) is 1.62. The van der Waals surface area contributed by atoms with Gasteiger partial charge in [0.05, 0.1) is 0 Å². The van der Waals surface area contributed by atoms with Gasteiger partial charge in [-0.2, -0.15) is 0 Å². The van der Waals surface area contributed by atoms with Crippen molar-refractivity contribution in [3.63, 3.8) is 0 Å². The van der Waals surface area contributed by atoms with Crippen LogP contribution >= 0.6 is 0 Å². The molecule has 0 aromatic carbocycles. The van der Waals surface area contributed by atoms with Crippen molar-refractivity contribution >= 4 is 0 Å². The van der Waals surface area contributed by atoms with Crippen LogP contribution in [0.2, 0.25) is 0 Å². The monoisotopic (exact) mass is 202 g/mol. The second-order valence-electron chi connectivity index (χ2n) is 3.59. The van der Waals surface area contributed by atoms with Crippen LogP contribution in [0.25, 0.3) is 0 Å². The summed E-state index contributed by atoms with van der Waals surface area (Å²) in [6.45, 7) is 1.76. The highest BCUT2D eigenvalue weighted by molar-refractivity contribution is 5.31. The summed E-state index contributed by atoms with van der Waals surface area (Å²) in [6, 6.07) is 5.72. The van der Waals surface area contributed by atoms with Gasteiger partial charge < -0.3 is 10.1 Å². The van der Waals surface area contributed by atoms with Crippen molar-refractivity contribution in [1.82, 2.24) is 10.3 Å². The molecular formula is C12H14N2O. The number of hydrogen-bond acceptors (Lipinski definition) is 3. The maximum Gasteiger partial charge on any atom is 0.142 e. The molecule has 2 rings (SSSR count). The molecule has 0 radical (unpaired) electrons. The van der Waals surface area contributed by atoms with E-state index in [1.807, 2.05) is 18.2 Å². The van der Waals surface area contributed by atoms with Crippen LogP contribution in [-0.2, 0) is 4.74 Å². The predicted octanol–water partition coefficient (Wildman–Crippen LogP) is 0.812. The van der Waals surface area contributed by atoms with Gasteiger partial charge in [0.1, 0.15) is 11.3 Å². The maximum absolute atomic E-state index is 5.46.